The Morgan fingerprint density at radius 3 is 1.02 bits per heavy atom. The number of nitrogens with zero attached hydrogens (tertiary/aromatic N) is 2. The molecule has 59 heavy (non-hydrogen) atoms. The van der Waals surface area contributed by atoms with Gasteiger partial charge in [-0.1, -0.05) is 188 Å². The highest BCUT2D eigenvalue weighted by Crippen LogP contribution is 2.38. The van der Waals surface area contributed by atoms with E-state index < -0.39 is 0 Å². The van der Waals surface area contributed by atoms with Gasteiger partial charge in [0.25, 0.3) is 0 Å². The number of hydrogen-bond acceptors (Lipinski definition) is 2. The van der Waals surface area contributed by atoms with E-state index in [1.54, 1.807) is 0 Å². The van der Waals surface area contributed by atoms with E-state index in [0.29, 0.717) is 0 Å². The lowest BCUT2D eigenvalue weighted by Gasteiger charge is -2.26. The lowest BCUT2D eigenvalue weighted by Crippen LogP contribution is -2.10. The summed E-state index contributed by atoms with van der Waals surface area (Å²) in [6.45, 7) is 2.16. The standard InChI is InChI=1S/C57H46N2/c1-45(17-16-24-47-20-8-3-9-21-47)49-31-39-55(40-32-49)59(53-27-12-5-13-28-53)57-43-35-51(36-44-57)50-33-41-56(42-34-50)58(52-25-10-4-11-26-52)54-37-29-48(30-38-54)23-15-14-22-46-18-6-2-7-19-46/h2-44H,1H3. The highest BCUT2D eigenvalue weighted by molar-refractivity contribution is 5.82. The molecule has 8 rings (SSSR count). The van der Waals surface area contributed by atoms with Gasteiger partial charge in [-0.2, -0.15) is 0 Å². The van der Waals surface area contributed by atoms with Crippen LogP contribution in [0, 0.1) is 0 Å². The first-order valence-corrected chi connectivity index (χ1v) is 20.1. The fourth-order valence-electron chi connectivity index (χ4n) is 7.12. The van der Waals surface area contributed by atoms with Crippen LogP contribution >= 0.6 is 0 Å². The van der Waals surface area contributed by atoms with Gasteiger partial charge in [0.15, 0.2) is 0 Å². The summed E-state index contributed by atoms with van der Waals surface area (Å²) >= 11 is 0. The molecule has 0 saturated heterocycles. The summed E-state index contributed by atoms with van der Waals surface area (Å²) < 4.78 is 0. The van der Waals surface area contributed by atoms with Crippen LogP contribution in [0.25, 0.3) is 34.9 Å². The number of anilines is 6. The monoisotopic (exact) mass is 758 g/mol. The Kier molecular flexibility index (Phi) is 12.3. The molecule has 0 amide bonds. The third-order valence-electron chi connectivity index (χ3n) is 10.3. The second kappa shape index (κ2) is 19.0. The molecule has 2 heteroatoms. The minimum absolute atomic E-state index is 1.10. The van der Waals surface area contributed by atoms with Crippen molar-refractivity contribution in [1.29, 1.82) is 0 Å². The minimum atomic E-state index is 1.10. The normalized spacial score (nSPS) is 11.7. The van der Waals surface area contributed by atoms with E-state index in [1.165, 1.54) is 22.3 Å². The molecule has 0 heterocycles. The summed E-state index contributed by atoms with van der Waals surface area (Å²) in [6, 6.07) is 77.1. The average Bonchev–Trinajstić information content (AvgIpc) is 3.31. The predicted molar refractivity (Wildman–Crippen MR) is 255 cm³/mol. The first kappa shape index (κ1) is 38.2. The SMILES string of the molecule is CC(=CC=Cc1ccccc1)c1ccc(N(c2ccccc2)c2ccc(-c3ccc(N(c4ccccc4)c4ccc(C=CC=Cc5ccccc5)cc4)cc3)cc2)cc1. The van der Waals surface area contributed by atoms with Gasteiger partial charge in [-0.3, -0.25) is 0 Å². The molecule has 0 unspecified atom stereocenters. The second-order valence-electron chi connectivity index (χ2n) is 14.3. The summed E-state index contributed by atoms with van der Waals surface area (Å²) in [6.07, 6.45) is 14.9. The van der Waals surface area contributed by atoms with Gasteiger partial charge in [-0.05, 0) is 119 Å². The molecule has 0 aliphatic carbocycles. The molecule has 8 aromatic rings. The second-order valence-corrected chi connectivity index (χ2v) is 14.3. The maximum atomic E-state index is 2.31. The van der Waals surface area contributed by atoms with Gasteiger partial charge in [0, 0.05) is 34.1 Å². The lowest BCUT2D eigenvalue weighted by atomic mass is 10.0. The van der Waals surface area contributed by atoms with Crippen molar-refractivity contribution in [3.05, 3.63) is 265 Å². The van der Waals surface area contributed by atoms with Crippen LogP contribution in [0.15, 0.2) is 243 Å². The average molecular weight is 759 g/mol. The third kappa shape index (κ3) is 9.83. The fourth-order valence-corrected chi connectivity index (χ4v) is 7.12. The van der Waals surface area contributed by atoms with E-state index in [-0.39, 0.29) is 0 Å². The molecule has 0 radical (unpaired) electrons. The van der Waals surface area contributed by atoms with Crippen molar-refractivity contribution >= 4 is 57.9 Å². The van der Waals surface area contributed by atoms with Crippen LogP contribution in [0.4, 0.5) is 34.1 Å². The zero-order valence-electron chi connectivity index (χ0n) is 33.2. The lowest BCUT2D eigenvalue weighted by molar-refractivity contribution is 1.28. The van der Waals surface area contributed by atoms with Crippen molar-refractivity contribution < 1.29 is 0 Å². The van der Waals surface area contributed by atoms with Crippen molar-refractivity contribution in [2.75, 3.05) is 9.80 Å². The van der Waals surface area contributed by atoms with Gasteiger partial charge in [-0.15, -0.1) is 0 Å². The van der Waals surface area contributed by atoms with Crippen LogP contribution in [0.5, 0.6) is 0 Å². The zero-order valence-corrected chi connectivity index (χ0v) is 33.2. The minimum Gasteiger partial charge on any atom is -0.311 e. The third-order valence-corrected chi connectivity index (χ3v) is 10.3. The van der Waals surface area contributed by atoms with Gasteiger partial charge >= 0.3 is 0 Å². The summed E-state index contributed by atoms with van der Waals surface area (Å²) in [5.74, 6) is 0. The van der Waals surface area contributed by atoms with E-state index in [9.17, 15) is 0 Å². The molecule has 0 fully saturated rings. The quantitative estimate of drug-likeness (QED) is 0.108. The van der Waals surface area contributed by atoms with Crippen molar-refractivity contribution in [2.45, 2.75) is 6.92 Å². The molecule has 0 bridgehead atoms. The highest BCUT2D eigenvalue weighted by atomic mass is 15.1. The van der Waals surface area contributed by atoms with E-state index in [2.05, 4.69) is 266 Å². The Balaban J connectivity index is 1.00. The molecule has 0 aromatic heterocycles. The van der Waals surface area contributed by atoms with E-state index in [0.717, 1.165) is 50.8 Å². The van der Waals surface area contributed by atoms with Crippen LogP contribution in [0.2, 0.25) is 0 Å². The molecule has 0 atom stereocenters. The van der Waals surface area contributed by atoms with Crippen LogP contribution in [0.1, 0.15) is 29.2 Å². The van der Waals surface area contributed by atoms with Gasteiger partial charge in [0.2, 0.25) is 0 Å². The molecule has 8 aromatic carbocycles. The molecule has 0 aliphatic heterocycles. The van der Waals surface area contributed by atoms with E-state index in [1.807, 2.05) is 12.1 Å². The number of hydrogen-bond donors (Lipinski definition) is 0. The van der Waals surface area contributed by atoms with Crippen LogP contribution < -0.4 is 9.80 Å². The molecule has 0 N–H and O–H groups in total. The summed E-state index contributed by atoms with van der Waals surface area (Å²) in [5, 5.41) is 0. The summed E-state index contributed by atoms with van der Waals surface area (Å²) in [5.41, 5.74) is 14.9. The van der Waals surface area contributed by atoms with Crippen molar-refractivity contribution in [3.8, 4) is 11.1 Å². The number of benzene rings is 8. The Morgan fingerprint density at radius 1 is 0.305 bits per heavy atom. The van der Waals surface area contributed by atoms with Gasteiger partial charge in [-0.25, -0.2) is 0 Å². The van der Waals surface area contributed by atoms with Gasteiger partial charge in [0.1, 0.15) is 0 Å². The van der Waals surface area contributed by atoms with Gasteiger partial charge in [0.05, 0.1) is 0 Å². The summed E-state index contributed by atoms with van der Waals surface area (Å²) in [4.78, 5) is 4.61. The first-order chi connectivity index (χ1) is 29.2. The molecule has 0 spiro atoms. The molecular formula is C57H46N2. The van der Waals surface area contributed by atoms with E-state index in [4.69, 9.17) is 0 Å². The molecule has 0 aliphatic rings. The topological polar surface area (TPSA) is 6.48 Å². The zero-order chi connectivity index (χ0) is 40.1. The Labute approximate surface area is 349 Å². The first-order valence-electron chi connectivity index (χ1n) is 20.1. The molecular weight excluding hydrogens is 713 g/mol. The number of rotatable bonds is 13. The Hall–Kier alpha value is -7.68. The largest absolute Gasteiger partial charge is 0.311 e. The fraction of sp³-hybridized carbons (Fsp3) is 0.0175. The number of allylic oxidation sites excluding steroid dienone is 5. The Morgan fingerprint density at radius 2 is 0.610 bits per heavy atom. The smallest absolute Gasteiger partial charge is 0.0462 e. The van der Waals surface area contributed by atoms with E-state index >= 15 is 0 Å². The molecule has 284 valence electrons. The van der Waals surface area contributed by atoms with Crippen molar-refractivity contribution in [1.82, 2.24) is 0 Å². The Bertz CT molecular complexity index is 2640. The van der Waals surface area contributed by atoms with Crippen LogP contribution in [-0.4, -0.2) is 0 Å². The van der Waals surface area contributed by atoms with Crippen LogP contribution in [-0.2, 0) is 0 Å². The summed E-state index contributed by atoms with van der Waals surface area (Å²) in [7, 11) is 0. The molecule has 0 saturated carbocycles. The predicted octanol–water partition coefficient (Wildman–Crippen LogP) is 16.1. The molecule has 2 nitrogen and oxygen atoms in total. The van der Waals surface area contributed by atoms with Gasteiger partial charge < -0.3 is 9.80 Å². The van der Waals surface area contributed by atoms with Crippen molar-refractivity contribution in [2.24, 2.45) is 0 Å². The van der Waals surface area contributed by atoms with Crippen LogP contribution in [0.3, 0.4) is 0 Å². The highest BCUT2D eigenvalue weighted by Gasteiger charge is 2.15. The maximum Gasteiger partial charge on any atom is 0.0462 e. The number of para-hydroxylation sites is 2. The van der Waals surface area contributed by atoms with Crippen molar-refractivity contribution in [3.63, 3.8) is 0 Å². The maximum absolute atomic E-state index is 2.31.